The van der Waals surface area contributed by atoms with Gasteiger partial charge in [-0.05, 0) is 35.7 Å². The maximum absolute atomic E-state index is 12.6. The zero-order chi connectivity index (χ0) is 17.1. The molecule has 5 nitrogen and oxygen atoms in total. The summed E-state index contributed by atoms with van der Waals surface area (Å²) >= 11 is 1.55. The van der Waals surface area contributed by atoms with Crippen LogP contribution in [0.25, 0.3) is 22.4 Å². The van der Waals surface area contributed by atoms with Crippen molar-refractivity contribution in [1.82, 2.24) is 10.4 Å². The first-order valence-electron chi connectivity index (χ1n) is 7.62. The van der Waals surface area contributed by atoms with Gasteiger partial charge in [0.25, 0.3) is 5.91 Å². The molecule has 3 aromatic heterocycles. The second-order valence-corrected chi connectivity index (χ2v) is 6.24. The molecule has 0 unspecified atom stereocenters. The normalized spacial score (nSPS) is 11.2. The van der Waals surface area contributed by atoms with Crippen LogP contribution in [0, 0.1) is 0 Å². The summed E-state index contributed by atoms with van der Waals surface area (Å²) in [6.45, 7) is 0. The fourth-order valence-electron chi connectivity index (χ4n) is 2.49. The standard InChI is InChI=1S/C19H13N3O2S/c23-19(22-20-12-13-5-4-10-25-13)15-11-17(18-8-3-9-24-18)21-16-7-2-1-6-14(15)16/h1-12H,(H,22,23)/b20-12-. The maximum atomic E-state index is 12.6. The van der Waals surface area contributed by atoms with Crippen LogP contribution in [-0.4, -0.2) is 17.1 Å². The molecule has 122 valence electrons. The van der Waals surface area contributed by atoms with Crippen LogP contribution in [-0.2, 0) is 0 Å². The third-order valence-electron chi connectivity index (χ3n) is 3.64. The topological polar surface area (TPSA) is 67.5 Å². The van der Waals surface area contributed by atoms with Crippen LogP contribution in [0.15, 0.2) is 75.8 Å². The van der Waals surface area contributed by atoms with E-state index in [4.69, 9.17) is 4.42 Å². The monoisotopic (exact) mass is 347 g/mol. The molecule has 0 fully saturated rings. The Hall–Kier alpha value is -3.25. The van der Waals surface area contributed by atoms with Gasteiger partial charge in [-0.3, -0.25) is 4.79 Å². The summed E-state index contributed by atoms with van der Waals surface area (Å²) in [5.74, 6) is 0.320. The summed E-state index contributed by atoms with van der Waals surface area (Å²) in [7, 11) is 0. The van der Waals surface area contributed by atoms with Crippen molar-refractivity contribution in [2.24, 2.45) is 5.10 Å². The Labute approximate surface area is 147 Å². The number of hydrazone groups is 1. The fraction of sp³-hybridized carbons (Fsp3) is 0. The van der Waals surface area contributed by atoms with Crippen molar-refractivity contribution in [3.05, 3.63) is 76.7 Å². The summed E-state index contributed by atoms with van der Waals surface area (Å²) in [4.78, 5) is 18.2. The van der Waals surface area contributed by atoms with Gasteiger partial charge in [-0.25, -0.2) is 10.4 Å². The zero-order valence-electron chi connectivity index (χ0n) is 13.0. The molecule has 0 saturated heterocycles. The van der Waals surface area contributed by atoms with Gasteiger partial charge in [0.2, 0.25) is 0 Å². The summed E-state index contributed by atoms with van der Waals surface area (Å²) in [6, 6.07) is 16.7. The second-order valence-electron chi connectivity index (χ2n) is 5.26. The van der Waals surface area contributed by atoms with Gasteiger partial charge in [0.1, 0.15) is 5.69 Å². The van der Waals surface area contributed by atoms with Gasteiger partial charge in [0.05, 0.1) is 23.6 Å². The van der Waals surface area contributed by atoms with Crippen LogP contribution >= 0.6 is 11.3 Å². The van der Waals surface area contributed by atoms with Gasteiger partial charge in [-0.15, -0.1) is 11.3 Å². The molecule has 0 bridgehead atoms. The lowest BCUT2D eigenvalue weighted by atomic mass is 10.1. The molecule has 1 amide bonds. The van der Waals surface area contributed by atoms with Crippen molar-refractivity contribution < 1.29 is 9.21 Å². The number of nitrogens with one attached hydrogen (secondary N) is 1. The minimum atomic E-state index is -0.292. The van der Waals surface area contributed by atoms with Crippen molar-refractivity contribution in [3.63, 3.8) is 0 Å². The Kier molecular flexibility index (Phi) is 4.10. The summed E-state index contributed by atoms with van der Waals surface area (Å²) in [6.07, 6.45) is 3.21. The predicted molar refractivity (Wildman–Crippen MR) is 98.8 cm³/mol. The predicted octanol–water partition coefficient (Wildman–Crippen LogP) is 4.32. The summed E-state index contributed by atoms with van der Waals surface area (Å²) in [5, 5.41) is 6.75. The number of carbonyl (C=O) groups is 1. The largest absolute Gasteiger partial charge is 0.463 e. The van der Waals surface area contributed by atoms with Crippen LogP contribution in [0.4, 0.5) is 0 Å². The molecule has 0 radical (unpaired) electrons. The van der Waals surface area contributed by atoms with Crippen LogP contribution in [0.3, 0.4) is 0 Å². The van der Waals surface area contributed by atoms with Crippen molar-refractivity contribution in [1.29, 1.82) is 0 Å². The molecule has 4 rings (SSSR count). The summed E-state index contributed by atoms with van der Waals surface area (Å²) in [5.41, 5.74) is 4.41. The molecule has 0 saturated carbocycles. The average molecular weight is 347 g/mol. The molecule has 0 atom stereocenters. The van der Waals surface area contributed by atoms with E-state index in [1.807, 2.05) is 47.8 Å². The summed E-state index contributed by atoms with van der Waals surface area (Å²) < 4.78 is 5.41. The third kappa shape index (κ3) is 3.20. The van der Waals surface area contributed by atoms with Crippen molar-refractivity contribution in [2.75, 3.05) is 0 Å². The van der Waals surface area contributed by atoms with Gasteiger partial charge in [-0.1, -0.05) is 24.3 Å². The number of aromatic nitrogens is 1. The molecule has 0 aliphatic carbocycles. The molecular formula is C19H13N3O2S. The number of rotatable bonds is 4. The first-order chi connectivity index (χ1) is 12.3. The molecule has 0 aliphatic heterocycles. The molecule has 4 aromatic rings. The highest BCUT2D eigenvalue weighted by atomic mass is 32.1. The van der Waals surface area contributed by atoms with Gasteiger partial charge in [0.15, 0.2) is 5.76 Å². The van der Waals surface area contributed by atoms with Crippen LogP contribution < -0.4 is 5.43 Å². The number of furan rings is 1. The van der Waals surface area contributed by atoms with E-state index >= 15 is 0 Å². The molecule has 1 aromatic carbocycles. The number of hydrogen-bond donors (Lipinski definition) is 1. The smallest absolute Gasteiger partial charge is 0.272 e. The van der Waals surface area contributed by atoms with E-state index in [9.17, 15) is 4.79 Å². The Bertz CT molecular complexity index is 1040. The highest BCUT2D eigenvalue weighted by molar-refractivity contribution is 7.11. The zero-order valence-corrected chi connectivity index (χ0v) is 13.9. The van der Waals surface area contributed by atoms with Gasteiger partial charge >= 0.3 is 0 Å². The van der Waals surface area contributed by atoms with Crippen LogP contribution in [0.5, 0.6) is 0 Å². The first-order valence-corrected chi connectivity index (χ1v) is 8.50. The fourth-order valence-corrected chi connectivity index (χ4v) is 3.08. The van der Waals surface area contributed by atoms with Gasteiger partial charge in [-0.2, -0.15) is 5.10 Å². The number of thiophene rings is 1. The number of pyridine rings is 1. The number of para-hydroxylation sites is 1. The molecule has 3 heterocycles. The number of amides is 1. The Balaban J connectivity index is 1.70. The van der Waals surface area contributed by atoms with E-state index in [0.717, 1.165) is 15.8 Å². The van der Waals surface area contributed by atoms with Gasteiger partial charge < -0.3 is 4.42 Å². The number of hydrogen-bond acceptors (Lipinski definition) is 5. The minimum Gasteiger partial charge on any atom is -0.463 e. The second kappa shape index (κ2) is 6.70. The lowest BCUT2D eigenvalue weighted by Gasteiger charge is -2.07. The third-order valence-corrected chi connectivity index (χ3v) is 4.44. The van der Waals surface area contributed by atoms with Crippen LogP contribution in [0.2, 0.25) is 0 Å². The first kappa shape index (κ1) is 15.3. The van der Waals surface area contributed by atoms with E-state index in [-0.39, 0.29) is 5.91 Å². The quantitative estimate of drug-likeness (QED) is 0.441. The molecule has 0 spiro atoms. The van der Waals surface area contributed by atoms with E-state index in [0.29, 0.717) is 17.0 Å². The molecule has 6 heteroatoms. The molecule has 0 aliphatic rings. The average Bonchev–Trinajstić information content (AvgIpc) is 3.34. The van der Waals surface area contributed by atoms with E-state index in [1.165, 1.54) is 0 Å². The minimum absolute atomic E-state index is 0.292. The lowest BCUT2D eigenvalue weighted by molar-refractivity contribution is 0.0957. The van der Waals surface area contributed by atoms with E-state index < -0.39 is 0 Å². The Morgan fingerprint density at radius 2 is 2.08 bits per heavy atom. The van der Waals surface area contributed by atoms with Crippen molar-refractivity contribution in [2.45, 2.75) is 0 Å². The molecular weight excluding hydrogens is 334 g/mol. The highest BCUT2D eigenvalue weighted by Gasteiger charge is 2.14. The van der Waals surface area contributed by atoms with Crippen LogP contribution in [0.1, 0.15) is 15.2 Å². The number of fused-ring (bicyclic) bond motifs is 1. The lowest BCUT2D eigenvalue weighted by Crippen LogP contribution is -2.18. The Morgan fingerprint density at radius 3 is 2.88 bits per heavy atom. The highest BCUT2D eigenvalue weighted by Crippen LogP contribution is 2.25. The van der Waals surface area contributed by atoms with Gasteiger partial charge in [0, 0.05) is 10.3 Å². The maximum Gasteiger partial charge on any atom is 0.272 e. The molecule has 25 heavy (non-hydrogen) atoms. The van der Waals surface area contributed by atoms with E-state index in [1.54, 1.807) is 35.9 Å². The SMILES string of the molecule is O=C(N/N=C\c1cccs1)c1cc(-c2ccco2)nc2ccccc12. The Morgan fingerprint density at radius 1 is 1.16 bits per heavy atom. The molecule has 1 N–H and O–H groups in total. The van der Waals surface area contributed by atoms with Crippen molar-refractivity contribution >= 4 is 34.4 Å². The number of benzene rings is 1. The number of nitrogens with zero attached hydrogens (tertiary/aromatic N) is 2. The van der Waals surface area contributed by atoms with Crippen molar-refractivity contribution in [3.8, 4) is 11.5 Å². The number of carbonyl (C=O) groups excluding carboxylic acids is 1. The van der Waals surface area contributed by atoms with E-state index in [2.05, 4.69) is 15.5 Å².